The first-order chi connectivity index (χ1) is 15.7. The molecular weight excluding hydrogens is 479 g/mol. The number of anilines is 2. The summed E-state index contributed by atoms with van der Waals surface area (Å²) in [6.07, 6.45) is -2.18. The van der Waals surface area contributed by atoms with Gasteiger partial charge in [0.25, 0.3) is 5.72 Å². The van der Waals surface area contributed by atoms with Gasteiger partial charge in [-0.15, -0.1) is 0 Å². The number of imidazole rings is 1. The van der Waals surface area contributed by atoms with Crippen LogP contribution in [-0.4, -0.2) is 78.8 Å². The zero-order valence-corrected chi connectivity index (χ0v) is 18.3. The summed E-state index contributed by atoms with van der Waals surface area (Å²) in [5.74, 6) is -0.693. The summed E-state index contributed by atoms with van der Waals surface area (Å²) in [5, 5.41) is 31.0. The molecule has 2 aliphatic rings. The van der Waals surface area contributed by atoms with Gasteiger partial charge in [0.2, 0.25) is 5.95 Å². The van der Waals surface area contributed by atoms with Gasteiger partial charge in [0.05, 0.1) is 29.7 Å². The normalized spacial score (nSPS) is 25.4. The summed E-state index contributed by atoms with van der Waals surface area (Å²) in [6, 6.07) is 4.98. The minimum atomic E-state index is -2.30. The number of aromatic nitrogens is 4. The second kappa shape index (κ2) is 7.85. The van der Waals surface area contributed by atoms with Crippen molar-refractivity contribution in [3.63, 3.8) is 0 Å². The number of carboxylic acids is 1. The average Bonchev–Trinajstić information content (AvgIpc) is 3.29. The predicted molar refractivity (Wildman–Crippen MR) is 116 cm³/mol. The third-order valence-electron chi connectivity index (χ3n) is 5.64. The SMILES string of the molecule is Nc1nc(N2CC(Oc3ccc(Cl)c(Cl)c3)C2)nc2c1ncn2C1(C(=O)O)OCC(O)C1O. The van der Waals surface area contributed by atoms with E-state index in [9.17, 15) is 20.1 Å². The van der Waals surface area contributed by atoms with Gasteiger partial charge in [-0.2, -0.15) is 9.97 Å². The Morgan fingerprint density at radius 1 is 1.24 bits per heavy atom. The lowest BCUT2D eigenvalue weighted by molar-refractivity contribution is -0.186. The summed E-state index contributed by atoms with van der Waals surface area (Å²) in [6.45, 7) is 0.489. The minimum Gasteiger partial charge on any atom is -0.487 e. The third-order valence-corrected chi connectivity index (χ3v) is 6.38. The maximum absolute atomic E-state index is 12.1. The van der Waals surface area contributed by atoms with Crippen LogP contribution in [0.3, 0.4) is 0 Å². The van der Waals surface area contributed by atoms with Gasteiger partial charge in [-0.25, -0.2) is 9.78 Å². The number of aliphatic hydroxyl groups excluding tert-OH is 2. The fraction of sp³-hybridized carbons (Fsp3) is 0.368. The largest absolute Gasteiger partial charge is 0.487 e. The first kappa shape index (κ1) is 21.9. The van der Waals surface area contributed by atoms with Crippen molar-refractivity contribution in [2.45, 2.75) is 24.0 Å². The highest BCUT2D eigenvalue weighted by Crippen LogP contribution is 2.36. The minimum absolute atomic E-state index is 0.0242. The lowest BCUT2D eigenvalue weighted by atomic mass is 10.0. The molecule has 3 aromatic rings. The molecule has 0 spiro atoms. The van der Waals surface area contributed by atoms with Crippen LogP contribution in [0.5, 0.6) is 5.75 Å². The highest BCUT2D eigenvalue weighted by Gasteiger charge is 2.58. The summed E-state index contributed by atoms with van der Waals surface area (Å²) in [5.41, 5.74) is 3.92. The lowest BCUT2D eigenvalue weighted by Crippen LogP contribution is -2.54. The van der Waals surface area contributed by atoms with Crippen LogP contribution in [0.15, 0.2) is 24.5 Å². The molecule has 0 amide bonds. The molecule has 174 valence electrons. The predicted octanol–water partition coefficient (Wildman–Crippen LogP) is 0.472. The quantitative estimate of drug-likeness (QED) is 0.387. The number of carboxylic acid groups (broad SMARTS) is 1. The molecule has 2 aliphatic heterocycles. The Labute approximate surface area is 196 Å². The van der Waals surface area contributed by atoms with Gasteiger partial charge in [-0.05, 0) is 12.1 Å². The molecule has 0 bridgehead atoms. The molecule has 0 radical (unpaired) electrons. The fourth-order valence-corrected chi connectivity index (χ4v) is 4.15. The number of carbonyl (C=O) groups is 1. The number of aliphatic hydroxyl groups is 2. The molecule has 1 aromatic carbocycles. The van der Waals surface area contributed by atoms with Crippen LogP contribution in [0.2, 0.25) is 10.0 Å². The van der Waals surface area contributed by atoms with Crippen LogP contribution in [0, 0.1) is 0 Å². The van der Waals surface area contributed by atoms with E-state index in [2.05, 4.69) is 15.0 Å². The van der Waals surface area contributed by atoms with Gasteiger partial charge >= 0.3 is 5.97 Å². The Morgan fingerprint density at radius 2 is 2.00 bits per heavy atom. The summed E-state index contributed by atoms with van der Waals surface area (Å²) in [4.78, 5) is 26.6. The van der Waals surface area contributed by atoms with E-state index in [0.29, 0.717) is 28.9 Å². The third kappa shape index (κ3) is 3.42. The van der Waals surface area contributed by atoms with E-state index in [1.165, 1.54) is 0 Å². The van der Waals surface area contributed by atoms with Crippen LogP contribution >= 0.6 is 23.2 Å². The maximum Gasteiger partial charge on any atom is 0.361 e. The van der Waals surface area contributed by atoms with Crippen LogP contribution in [-0.2, 0) is 15.3 Å². The summed E-state index contributed by atoms with van der Waals surface area (Å²) < 4.78 is 12.3. The Kier molecular flexibility index (Phi) is 5.21. The van der Waals surface area contributed by atoms with Gasteiger partial charge in [0.15, 0.2) is 11.5 Å². The van der Waals surface area contributed by atoms with Gasteiger partial charge < -0.3 is 35.4 Å². The number of hydrogen-bond donors (Lipinski definition) is 4. The monoisotopic (exact) mass is 496 g/mol. The smallest absolute Gasteiger partial charge is 0.361 e. The molecule has 2 fully saturated rings. The molecular formula is C19H18Cl2N6O6. The number of rotatable bonds is 5. The molecule has 5 rings (SSSR count). The van der Waals surface area contributed by atoms with Crippen molar-refractivity contribution in [2.24, 2.45) is 0 Å². The van der Waals surface area contributed by atoms with Crippen LogP contribution < -0.4 is 15.4 Å². The molecule has 5 N–H and O–H groups in total. The molecule has 2 aromatic heterocycles. The summed E-state index contributed by atoms with van der Waals surface area (Å²) >= 11 is 11.9. The fourth-order valence-electron chi connectivity index (χ4n) is 3.87. The van der Waals surface area contributed by atoms with E-state index in [4.69, 9.17) is 38.4 Å². The zero-order valence-electron chi connectivity index (χ0n) is 16.8. The van der Waals surface area contributed by atoms with Crippen molar-refractivity contribution in [3.05, 3.63) is 34.6 Å². The number of nitrogen functional groups attached to an aromatic ring is 1. The number of hydrogen-bond acceptors (Lipinski definition) is 10. The lowest BCUT2D eigenvalue weighted by Gasteiger charge is -2.39. The van der Waals surface area contributed by atoms with Crippen LogP contribution in [0.4, 0.5) is 11.8 Å². The molecule has 0 saturated carbocycles. The number of nitrogens with two attached hydrogens (primary N) is 1. The van der Waals surface area contributed by atoms with Gasteiger partial charge in [-0.3, -0.25) is 4.57 Å². The molecule has 3 unspecified atom stereocenters. The van der Waals surface area contributed by atoms with E-state index in [1.54, 1.807) is 23.1 Å². The highest BCUT2D eigenvalue weighted by molar-refractivity contribution is 6.42. The Bertz CT molecular complexity index is 1250. The van der Waals surface area contributed by atoms with Gasteiger partial charge in [-0.1, -0.05) is 23.2 Å². The second-order valence-electron chi connectivity index (χ2n) is 7.74. The van der Waals surface area contributed by atoms with E-state index in [-0.39, 0.29) is 35.6 Å². The van der Waals surface area contributed by atoms with Crippen molar-refractivity contribution in [3.8, 4) is 5.75 Å². The van der Waals surface area contributed by atoms with Crippen molar-refractivity contribution in [1.29, 1.82) is 0 Å². The molecule has 3 atom stereocenters. The first-order valence-electron chi connectivity index (χ1n) is 9.82. The molecule has 4 heterocycles. The molecule has 33 heavy (non-hydrogen) atoms. The maximum atomic E-state index is 12.1. The Morgan fingerprint density at radius 3 is 2.64 bits per heavy atom. The van der Waals surface area contributed by atoms with Crippen molar-refractivity contribution >= 4 is 52.1 Å². The number of halogens is 2. The average molecular weight is 497 g/mol. The van der Waals surface area contributed by atoms with E-state index < -0.39 is 23.9 Å². The molecule has 12 nitrogen and oxygen atoms in total. The number of ether oxygens (including phenoxy) is 2. The summed E-state index contributed by atoms with van der Waals surface area (Å²) in [7, 11) is 0. The standard InChI is InChI=1S/C19H18Cl2N6O6/c20-10-2-1-8(3-11(10)21)33-9-4-26(5-9)18-24-15(22)13-16(25-18)27(7-23-13)19(17(30)31)14(29)12(28)6-32-19/h1-3,7,9,12,14,28-29H,4-6H2,(H,30,31)(H2,22,24,25). The van der Waals surface area contributed by atoms with Gasteiger partial charge in [0.1, 0.15) is 35.9 Å². The number of aliphatic carboxylic acids is 1. The van der Waals surface area contributed by atoms with Crippen LogP contribution in [0.25, 0.3) is 11.2 Å². The number of fused-ring (bicyclic) bond motifs is 1. The zero-order chi connectivity index (χ0) is 23.5. The molecule has 0 aliphatic carbocycles. The van der Waals surface area contributed by atoms with E-state index >= 15 is 0 Å². The number of benzene rings is 1. The topological polar surface area (TPSA) is 169 Å². The van der Waals surface area contributed by atoms with Crippen LogP contribution in [0.1, 0.15) is 0 Å². The van der Waals surface area contributed by atoms with Crippen molar-refractivity contribution in [1.82, 2.24) is 19.5 Å². The van der Waals surface area contributed by atoms with E-state index in [0.717, 1.165) is 10.9 Å². The van der Waals surface area contributed by atoms with Gasteiger partial charge in [0, 0.05) is 6.07 Å². The Balaban J connectivity index is 1.42. The first-order valence-corrected chi connectivity index (χ1v) is 10.6. The van der Waals surface area contributed by atoms with E-state index in [1.807, 2.05) is 0 Å². The van der Waals surface area contributed by atoms with Crippen molar-refractivity contribution < 1.29 is 29.6 Å². The molecule has 2 saturated heterocycles. The second-order valence-corrected chi connectivity index (χ2v) is 8.56. The molecule has 14 heteroatoms. The number of nitrogens with zero attached hydrogens (tertiary/aromatic N) is 5. The Hall–Kier alpha value is -2.90. The van der Waals surface area contributed by atoms with Crippen molar-refractivity contribution in [2.75, 3.05) is 30.3 Å². The highest BCUT2D eigenvalue weighted by atomic mass is 35.5.